The van der Waals surface area contributed by atoms with Crippen LogP contribution in [0.3, 0.4) is 0 Å². The first-order valence-corrected chi connectivity index (χ1v) is 14.7. The molecular weight excluding hydrogens is 586 g/mol. The van der Waals surface area contributed by atoms with Crippen LogP contribution in [0.2, 0.25) is 10.0 Å². The maximum absolute atomic E-state index is 13.0. The number of ether oxygens (including phenoxy) is 1. The third-order valence-electron chi connectivity index (χ3n) is 7.21. The number of carbonyl (C=O) groups is 2. The monoisotopic (exact) mass is 621 g/mol. The summed E-state index contributed by atoms with van der Waals surface area (Å²) in [6.07, 6.45) is -3.57. The van der Waals surface area contributed by atoms with Gasteiger partial charge < -0.3 is 14.4 Å². The standard InChI is InChI=1S/C33H36Cl2F3NO3/c1-23(40)5-3-4-6-27(21-32(41)33(36,37)38)24-11-17-30(18-12-24)42-20-19-39(2)22-31(25-7-13-28(34)14-8-25)26-9-15-29(35)16-10-26/h7-18,27,31H,3-6,19-22H2,1-2H3. The number of hydrogen-bond acceptors (Lipinski definition) is 4. The summed E-state index contributed by atoms with van der Waals surface area (Å²) in [5, 5.41) is 1.35. The van der Waals surface area contributed by atoms with Crippen molar-refractivity contribution in [1.82, 2.24) is 4.90 Å². The molecule has 0 aliphatic rings. The average Bonchev–Trinajstić information content (AvgIpc) is 2.94. The van der Waals surface area contributed by atoms with Crippen LogP contribution in [0.15, 0.2) is 72.8 Å². The molecule has 3 rings (SSSR count). The molecule has 42 heavy (non-hydrogen) atoms. The fourth-order valence-electron chi connectivity index (χ4n) is 4.84. The number of rotatable bonds is 16. The Morgan fingerprint density at radius 3 is 1.86 bits per heavy atom. The van der Waals surface area contributed by atoms with Gasteiger partial charge in [0.1, 0.15) is 18.1 Å². The zero-order valence-electron chi connectivity index (χ0n) is 23.8. The first-order chi connectivity index (χ1) is 19.9. The summed E-state index contributed by atoms with van der Waals surface area (Å²) >= 11 is 12.2. The maximum atomic E-state index is 13.0. The molecule has 0 spiro atoms. The van der Waals surface area contributed by atoms with E-state index < -0.39 is 24.3 Å². The summed E-state index contributed by atoms with van der Waals surface area (Å²) in [4.78, 5) is 25.1. The van der Waals surface area contributed by atoms with E-state index in [2.05, 4.69) is 4.90 Å². The lowest BCUT2D eigenvalue weighted by molar-refractivity contribution is -0.171. The summed E-state index contributed by atoms with van der Waals surface area (Å²) in [5.74, 6) is -1.59. The quantitative estimate of drug-likeness (QED) is 0.150. The van der Waals surface area contributed by atoms with Gasteiger partial charge in [0.25, 0.3) is 0 Å². The second-order valence-corrected chi connectivity index (χ2v) is 11.5. The number of alkyl halides is 3. The molecule has 1 unspecified atom stereocenters. The fraction of sp³-hybridized carbons (Fsp3) is 0.394. The molecule has 0 bridgehead atoms. The van der Waals surface area contributed by atoms with E-state index in [0.717, 1.165) is 17.7 Å². The van der Waals surface area contributed by atoms with Crippen LogP contribution >= 0.6 is 23.2 Å². The summed E-state index contributed by atoms with van der Waals surface area (Å²) in [5.41, 5.74) is 2.91. The Bertz CT molecular complexity index is 1230. The Hall–Kier alpha value is -2.87. The molecule has 1 atom stereocenters. The van der Waals surface area contributed by atoms with Crippen LogP contribution in [-0.2, 0) is 9.59 Å². The third-order valence-corrected chi connectivity index (χ3v) is 7.72. The molecule has 0 heterocycles. The van der Waals surface area contributed by atoms with Crippen LogP contribution in [0.1, 0.15) is 67.6 Å². The van der Waals surface area contributed by atoms with Crippen molar-refractivity contribution in [3.05, 3.63) is 99.5 Å². The number of halogens is 5. The molecule has 3 aromatic rings. The topological polar surface area (TPSA) is 46.6 Å². The Labute approximate surface area is 255 Å². The smallest absolute Gasteiger partial charge is 0.449 e. The van der Waals surface area contributed by atoms with E-state index in [1.807, 2.05) is 55.6 Å². The van der Waals surface area contributed by atoms with Crippen molar-refractivity contribution in [2.24, 2.45) is 0 Å². The van der Waals surface area contributed by atoms with Crippen LogP contribution in [0.25, 0.3) is 0 Å². The predicted octanol–water partition coefficient (Wildman–Crippen LogP) is 8.89. The molecule has 0 saturated carbocycles. The van der Waals surface area contributed by atoms with Gasteiger partial charge in [-0.2, -0.15) is 13.2 Å². The van der Waals surface area contributed by atoms with Gasteiger partial charge >= 0.3 is 6.18 Å². The van der Waals surface area contributed by atoms with Gasteiger partial charge in [0.15, 0.2) is 0 Å². The second-order valence-electron chi connectivity index (χ2n) is 10.6. The predicted molar refractivity (Wildman–Crippen MR) is 162 cm³/mol. The van der Waals surface area contributed by atoms with Gasteiger partial charge in [0.05, 0.1) is 0 Å². The lowest BCUT2D eigenvalue weighted by Gasteiger charge is -2.25. The molecule has 0 N–H and O–H groups in total. The Kier molecular flexibility index (Phi) is 12.9. The van der Waals surface area contributed by atoms with Gasteiger partial charge in [-0.05, 0) is 85.8 Å². The van der Waals surface area contributed by atoms with Crippen LogP contribution in [0.5, 0.6) is 5.75 Å². The normalized spacial score (nSPS) is 12.5. The molecule has 0 aliphatic carbocycles. The van der Waals surface area contributed by atoms with Crippen LogP contribution in [0, 0.1) is 0 Å². The molecule has 0 amide bonds. The Balaban J connectivity index is 1.59. The number of ketones is 2. The summed E-state index contributed by atoms with van der Waals surface area (Å²) in [7, 11) is 2.01. The number of carbonyl (C=O) groups excluding carboxylic acids is 2. The fourth-order valence-corrected chi connectivity index (χ4v) is 5.09. The highest BCUT2D eigenvalue weighted by molar-refractivity contribution is 6.30. The highest BCUT2D eigenvalue weighted by Crippen LogP contribution is 2.32. The van der Waals surface area contributed by atoms with E-state index in [1.54, 1.807) is 24.3 Å². The van der Waals surface area contributed by atoms with E-state index in [-0.39, 0.29) is 11.7 Å². The van der Waals surface area contributed by atoms with Gasteiger partial charge in [-0.1, -0.05) is 66.0 Å². The molecule has 0 aromatic heterocycles. The van der Waals surface area contributed by atoms with E-state index in [9.17, 15) is 22.8 Å². The molecule has 0 radical (unpaired) electrons. The number of unbranched alkanes of at least 4 members (excludes halogenated alkanes) is 1. The van der Waals surface area contributed by atoms with Crippen molar-refractivity contribution in [1.29, 1.82) is 0 Å². The van der Waals surface area contributed by atoms with Crippen molar-refractivity contribution < 1.29 is 27.5 Å². The summed E-state index contributed by atoms with van der Waals surface area (Å²) < 4.78 is 44.8. The van der Waals surface area contributed by atoms with Crippen molar-refractivity contribution in [3.63, 3.8) is 0 Å². The maximum Gasteiger partial charge on any atom is 0.449 e. The van der Waals surface area contributed by atoms with Gasteiger partial charge in [-0.15, -0.1) is 0 Å². The first kappa shape index (κ1) is 33.6. The average molecular weight is 623 g/mol. The molecule has 0 saturated heterocycles. The van der Waals surface area contributed by atoms with Gasteiger partial charge in [-0.3, -0.25) is 4.79 Å². The highest BCUT2D eigenvalue weighted by Gasteiger charge is 2.39. The van der Waals surface area contributed by atoms with Crippen LogP contribution in [0.4, 0.5) is 13.2 Å². The largest absolute Gasteiger partial charge is 0.492 e. The number of Topliss-reactive ketones (excluding diaryl/α,β-unsaturated/α-hetero) is 2. The molecular formula is C33H36Cl2F3NO3. The molecule has 4 nitrogen and oxygen atoms in total. The number of likely N-dealkylation sites (N-methyl/N-ethyl adjacent to an activating group) is 1. The summed E-state index contributed by atoms with van der Waals surface area (Å²) in [6, 6.07) is 22.5. The Morgan fingerprint density at radius 2 is 1.36 bits per heavy atom. The van der Waals surface area contributed by atoms with Crippen LogP contribution in [-0.4, -0.2) is 49.4 Å². The van der Waals surface area contributed by atoms with E-state index in [4.69, 9.17) is 27.9 Å². The number of benzene rings is 3. The van der Waals surface area contributed by atoms with Gasteiger partial charge in [0, 0.05) is 41.9 Å². The van der Waals surface area contributed by atoms with Crippen molar-refractivity contribution in [2.75, 3.05) is 26.7 Å². The lowest BCUT2D eigenvalue weighted by atomic mass is 9.88. The molecule has 9 heteroatoms. The lowest BCUT2D eigenvalue weighted by Crippen LogP contribution is -2.29. The van der Waals surface area contributed by atoms with Crippen molar-refractivity contribution in [2.45, 2.75) is 57.0 Å². The minimum absolute atomic E-state index is 0.0375. The van der Waals surface area contributed by atoms with Crippen molar-refractivity contribution >= 4 is 34.8 Å². The van der Waals surface area contributed by atoms with Gasteiger partial charge in [0.2, 0.25) is 5.78 Å². The number of hydrogen-bond donors (Lipinski definition) is 0. The molecule has 0 aliphatic heterocycles. The minimum atomic E-state index is -4.87. The second kappa shape index (κ2) is 16.1. The van der Waals surface area contributed by atoms with Crippen molar-refractivity contribution in [3.8, 4) is 5.75 Å². The molecule has 0 fully saturated rings. The van der Waals surface area contributed by atoms with Gasteiger partial charge in [-0.25, -0.2) is 0 Å². The zero-order chi connectivity index (χ0) is 30.7. The Morgan fingerprint density at radius 1 is 0.833 bits per heavy atom. The molecule has 226 valence electrons. The molecule has 3 aromatic carbocycles. The van der Waals surface area contributed by atoms with E-state index >= 15 is 0 Å². The summed E-state index contributed by atoms with van der Waals surface area (Å²) in [6.45, 7) is 3.26. The third kappa shape index (κ3) is 11.1. The minimum Gasteiger partial charge on any atom is -0.492 e. The van der Waals surface area contributed by atoms with Crippen LogP contribution < -0.4 is 4.74 Å². The van der Waals surface area contributed by atoms with E-state index in [1.165, 1.54) is 6.92 Å². The highest BCUT2D eigenvalue weighted by atomic mass is 35.5. The zero-order valence-corrected chi connectivity index (χ0v) is 25.3. The first-order valence-electron chi connectivity index (χ1n) is 13.9. The number of nitrogens with zero attached hydrogens (tertiary/aromatic N) is 1. The van der Waals surface area contributed by atoms with E-state index in [0.29, 0.717) is 60.2 Å². The SMILES string of the molecule is CC(=O)CCCCC(CC(=O)C(F)(F)F)c1ccc(OCCN(C)CC(c2ccc(Cl)cc2)c2ccc(Cl)cc2)cc1.